The molecule has 0 bridgehead atoms. The Balaban J connectivity index is 3.33. The Labute approximate surface area is 88.9 Å². The van der Waals surface area contributed by atoms with Crippen molar-refractivity contribution >= 4 is 17.7 Å². The second-order valence-electron chi connectivity index (χ2n) is 3.40. The van der Waals surface area contributed by atoms with Crippen molar-refractivity contribution in [3.8, 4) is 0 Å². The maximum atomic E-state index is 11.1. The first kappa shape index (κ1) is 13.6. The Morgan fingerprint density at radius 2 is 1.67 bits per heavy atom. The van der Waals surface area contributed by atoms with Gasteiger partial charge < -0.3 is 15.2 Å². The Morgan fingerprint density at radius 3 is 2.20 bits per heavy atom. The molecule has 0 aromatic rings. The monoisotopic (exact) mass is 215 g/mol. The van der Waals surface area contributed by atoms with Crippen LogP contribution >= 0.6 is 0 Å². The zero-order valence-corrected chi connectivity index (χ0v) is 8.91. The topological polar surface area (TPSA) is 83.5 Å². The van der Waals surface area contributed by atoms with Gasteiger partial charge in [-0.05, 0) is 19.8 Å². The summed E-state index contributed by atoms with van der Waals surface area (Å²) in [5, 5.41) is 10.8. The molecule has 0 saturated heterocycles. The van der Waals surface area contributed by atoms with E-state index < -0.39 is 5.97 Å². The number of carbonyl (C=O) groups excluding carboxylic acids is 2. The molecule has 0 unspecified atom stereocenters. The van der Waals surface area contributed by atoms with E-state index in [9.17, 15) is 14.4 Å². The van der Waals surface area contributed by atoms with Gasteiger partial charge in [-0.2, -0.15) is 0 Å². The Bertz CT molecular complexity index is 238. The molecule has 0 aromatic heterocycles. The maximum Gasteiger partial charge on any atom is 0.305 e. The Hall–Kier alpha value is -1.39. The van der Waals surface area contributed by atoms with Gasteiger partial charge in [-0.3, -0.25) is 9.59 Å². The number of ketones is 1. The normalized spacial score (nSPS) is 9.67. The molecule has 0 aliphatic carbocycles. The third kappa shape index (κ3) is 10.5. The molecule has 1 amide bonds. The number of hydrogen-bond acceptors (Lipinski definition) is 3. The van der Waals surface area contributed by atoms with Gasteiger partial charge in [0.15, 0.2) is 0 Å². The van der Waals surface area contributed by atoms with Gasteiger partial charge in [0.1, 0.15) is 5.78 Å². The molecular formula is C10H17NO4. The van der Waals surface area contributed by atoms with Crippen LogP contribution < -0.4 is 5.32 Å². The largest absolute Gasteiger partial charge is 0.481 e. The molecule has 0 spiro atoms. The summed E-state index contributed by atoms with van der Waals surface area (Å²) in [5.74, 6) is -0.951. The number of hydrogen-bond donors (Lipinski definition) is 2. The fourth-order valence-corrected chi connectivity index (χ4v) is 1.06. The van der Waals surface area contributed by atoms with Crippen molar-refractivity contribution in [1.82, 2.24) is 5.32 Å². The van der Waals surface area contributed by atoms with Crippen LogP contribution in [-0.4, -0.2) is 29.3 Å². The molecule has 0 aliphatic rings. The highest BCUT2D eigenvalue weighted by Gasteiger charge is 2.02. The van der Waals surface area contributed by atoms with Crippen molar-refractivity contribution in [3.05, 3.63) is 0 Å². The van der Waals surface area contributed by atoms with E-state index in [4.69, 9.17) is 5.11 Å². The smallest absolute Gasteiger partial charge is 0.305 e. The van der Waals surface area contributed by atoms with Gasteiger partial charge in [-0.1, -0.05) is 0 Å². The van der Waals surface area contributed by atoms with E-state index >= 15 is 0 Å². The molecule has 15 heavy (non-hydrogen) atoms. The number of nitrogens with one attached hydrogen (secondary N) is 1. The molecule has 0 aliphatic heterocycles. The summed E-state index contributed by atoms with van der Waals surface area (Å²) in [5.41, 5.74) is 0. The van der Waals surface area contributed by atoms with Gasteiger partial charge in [0.2, 0.25) is 5.91 Å². The van der Waals surface area contributed by atoms with Crippen LogP contribution in [0.5, 0.6) is 0 Å². The van der Waals surface area contributed by atoms with Gasteiger partial charge in [0, 0.05) is 19.4 Å². The quantitative estimate of drug-likeness (QED) is 0.584. The van der Waals surface area contributed by atoms with Crippen molar-refractivity contribution < 1.29 is 19.5 Å². The molecule has 5 heteroatoms. The second kappa shape index (κ2) is 7.96. The third-order valence-corrected chi connectivity index (χ3v) is 1.84. The molecule has 0 fully saturated rings. The lowest BCUT2D eigenvalue weighted by molar-refractivity contribution is -0.137. The van der Waals surface area contributed by atoms with E-state index in [1.807, 2.05) is 0 Å². The molecule has 0 rings (SSSR count). The predicted molar refractivity (Wildman–Crippen MR) is 54.4 cm³/mol. The van der Waals surface area contributed by atoms with E-state index in [1.165, 1.54) is 6.92 Å². The molecule has 2 N–H and O–H groups in total. The van der Waals surface area contributed by atoms with Gasteiger partial charge in [0.25, 0.3) is 0 Å². The first-order chi connectivity index (χ1) is 7.02. The van der Waals surface area contributed by atoms with Crippen molar-refractivity contribution in [3.63, 3.8) is 0 Å². The highest BCUT2D eigenvalue weighted by Crippen LogP contribution is 2.00. The van der Waals surface area contributed by atoms with Crippen LogP contribution in [0.15, 0.2) is 0 Å². The van der Waals surface area contributed by atoms with Gasteiger partial charge in [0.05, 0.1) is 6.42 Å². The first-order valence-electron chi connectivity index (χ1n) is 5.00. The van der Waals surface area contributed by atoms with E-state index in [-0.39, 0.29) is 24.7 Å². The average Bonchev–Trinajstić information content (AvgIpc) is 2.11. The summed E-state index contributed by atoms with van der Waals surface area (Å²) in [7, 11) is 0. The summed E-state index contributed by atoms with van der Waals surface area (Å²) >= 11 is 0. The van der Waals surface area contributed by atoms with Crippen LogP contribution in [0.1, 0.15) is 39.0 Å². The maximum absolute atomic E-state index is 11.1. The van der Waals surface area contributed by atoms with Crippen LogP contribution in [0.3, 0.4) is 0 Å². The van der Waals surface area contributed by atoms with Crippen LogP contribution in [0.25, 0.3) is 0 Å². The van der Waals surface area contributed by atoms with E-state index in [2.05, 4.69) is 5.32 Å². The Morgan fingerprint density at radius 1 is 1.07 bits per heavy atom. The third-order valence-electron chi connectivity index (χ3n) is 1.84. The molecule has 0 saturated carbocycles. The number of Topliss-reactive ketones (excluding diaryl/α,β-unsaturated/α-hetero) is 1. The Kier molecular flexibility index (Phi) is 7.23. The molecule has 0 heterocycles. The van der Waals surface area contributed by atoms with Gasteiger partial charge in [-0.25, -0.2) is 0 Å². The molecule has 5 nitrogen and oxygen atoms in total. The minimum atomic E-state index is -0.924. The predicted octanol–water partition coefficient (Wildman–Crippen LogP) is 0.727. The van der Waals surface area contributed by atoms with E-state index in [0.717, 1.165) is 0 Å². The minimum absolute atomic E-state index is 0.0564. The number of carbonyl (C=O) groups is 3. The highest BCUT2D eigenvalue weighted by molar-refractivity contribution is 5.77. The lowest BCUT2D eigenvalue weighted by Crippen LogP contribution is -2.25. The standard InChI is InChI=1S/C10H17NO4/c1-8(12)4-2-3-5-9(13)11-7-6-10(14)15/h2-7H2,1H3,(H,11,13)(H,14,15). The summed E-state index contributed by atoms with van der Waals surface area (Å²) in [6.07, 6.45) is 2.18. The molecule has 86 valence electrons. The number of carboxylic acid groups (broad SMARTS) is 1. The van der Waals surface area contributed by atoms with Crippen LogP contribution in [0.2, 0.25) is 0 Å². The van der Waals surface area contributed by atoms with E-state index in [1.54, 1.807) is 0 Å². The van der Waals surface area contributed by atoms with E-state index in [0.29, 0.717) is 25.7 Å². The lowest BCUT2D eigenvalue weighted by atomic mass is 10.1. The van der Waals surface area contributed by atoms with Crippen LogP contribution in [0.4, 0.5) is 0 Å². The average molecular weight is 215 g/mol. The molecule has 0 atom stereocenters. The number of unbranched alkanes of at least 4 members (excludes halogenated alkanes) is 1. The zero-order chi connectivity index (χ0) is 11.7. The number of amides is 1. The highest BCUT2D eigenvalue weighted by atomic mass is 16.4. The van der Waals surface area contributed by atoms with Crippen LogP contribution in [-0.2, 0) is 14.4 Å². The summed E-state index contributed by atoms with van der Waals surface area (Å²) < 4.78 is 0. The lowest BCUT2D eigenvalue weighted by Gasteiger charge is -2.02. The number of carboxylic acids is 1. The van der Waals surface area contributed by atoms with Crippen molar-refractivity contribution in [1.29, 1.82) is 0 Å². The fourth-order valence-electron chi connectivity index (χ4n) is 1.06. The van der Waals surface area contributed by atoms with Crippen molar-refractivity contribution in [2.24, 2.45) is 0 Å². The SMILES string of the molecule is CC(=O)CCCCC(=O)NCCC(=O)O. The van der Waals surface area contributed by atoms with Crippen molar-refractivity contribution in [2.45, 2.75) is 39.0 Å². The van der Waals surface area contributed by atoms with Gasteiger partial charge in [-0.15, -0.1) is 0 Å². The molecule has 0 radical (unpaired) electrons. The van der Waals surface area contributed by atoms with Gasteiger partial charge >= 0.3 is 5.97 Å². The number of aliphatic carboxylic acids is 1. The minimum Gasteiger partial charge on any atom is -0.481 e. The second-order valence-corrected chi connectivity index (χ2v) is 3.40. The number of rotatable bonds is 8. The molecule has 0 aromatic carbocycles. The summed E-state index contributed by atoms with van der Waals surface area (Å²) in [4.78, 5) is 31.8. The summed E-state index contributed by atoms with van der Waals surface area (Å²) in [6, 6.07) is 0. The first-order valence-corrected chi connectivity index (χ1v) is 5.00. The zero-order valence-electron chi connectivity index (χ0n) is 8.91. The van der Waals surface area contributed by atoms with Crippen LogP contribution in [0, 0.1) is 0 Å². The molecular weight excluding hydrogens is 198 g/mol. The van der Waals surface area contributed by atoms with Crippen molar-refractivity contribution in [2.75, 3.05) is 6.54 Å². The fraction of sp³-hybridized carbons (Fsp3) is 0.700. The summed E-state index contributed by atoms with van der Waals surface area (Å²) in [6.45, 7) is 1.69.